The summed E-state index contributed by atoms with van der Waals surface area (Å²) >= 11 is 0. The first-order valence-electron chi connectivity index (χ1n) is 7.54. The number of hydrogen-bond donors (Lipinski definition) is 1. The largest absolute Gasteiger partial charge is 0.481 e. The molecule has 7 nitrogen and oxygen atoms in total. The van der Waals surface area contributed by atoms with Crippen molar-refractivity contribution in [3.05, 3.63) is 5.89 Å². The summed E-state index contributed by atoms with van der Waals surface area (Å²) in [4.78, 5) is 17.6. The van der Waals surface area contributed by atoms with Crippen LogP contribution in [0.4, 0.5) is 5.95 Å². The number of ether oxygens (including phenoxy) is 1. The van der Waals surface area contributed by atoms with Gasteiger partial charge in [0.2, 0.25) is 5.89 Å². The predicted octanol–water partition coefficient (Wildman–Crippen LogP) is 1.48. The number of rotatable bonds is 5. The Kier molecular flexibility index (Phi) is 4.10. The average Bonchev–Trinajstić information content (AvgIpc) is 3.09. The molecule has 21 heavy (non-hydrogen) atoms. The summed E-state index contributed by atoms with van der Waals surface area (Å²) in [6.45, 7) is 2.87. The van der Waals surface area contributed by atoms with Crippen molar-refractivity contribution in [3.63, 3.8) is 0 Å². The van der Waals surface area contributed by atoms with Gasteiger partial charge in [-0.2, -0.15) is 4.98 Å². The number of morpholine rings is 1. The number of nitrogens with zero attached hydrogens (tertiary/aromatic N) is 3. The van der Waals surface area contributed by atoms with Crippen molar-refractivity contribution in [2.45, 2.75) is 38.5 Å². The van der Waals surface area contributed by atoms with Crippen LogP contribution in [0.5, 0.6) is 0 Å². The summed E-state index contributed by atoms with van der Waals surface area (Å²) in [5.74, 6) is 0.404. The van der Waals surface area contributed by atoms with E-state index in [9.17, 15) is 4.79 Å². The van der Waals surface area contributed by atoms with Crippen LogP contribution < -0.4 is 4.90 Å². The van der Waals surface area contributed by atoms with Crippen LogP contribution in [0, 0.1) is 5.41 Å². The highest BCUT2D eigenvalue weighted by Crippen LogP contribution is 2.43. The van der Waals surface area contributed by atoms with Gasteiger partial charge < -0.3 is 19.3 Å². The van der Waals surface area contributed by atoms with E-state index in [-0.39, 0.29) is 11.8 Å². The molecular weight excluding hydrogens is 274 g/mol. The zero-order valence-electron chi connectivity index (χ0n) is 12.1. The molecule has 2 fully saturated rings. The van der Waals surface area contributed by atoms with Gasteiger partial charge in [0.1, 0.15) is 0 Å². The van der Waals surface area contributed by atoms with Crippen LogP contribution >= 0.6 is 0 Å². The van der Waals surface area contributed by atoms with Crippen LogP contribution in [-0.4, -0.2) is 47.5 Å². The van der Waals surface area contributed by atoms with Crippen molar-refractivity contribution >= 4 is 11.9 Å². The van der Waals surface area contributed by atoms with E-state index in [1.165, 1.54) is 0 Å². The molecular formula is C14H21N3O4. The predicted molar refractivity (Wildman–Crippen MR) is 74.2 cm³/mol. The normalized spacial score (nSPS) is 21.6. The molecule has 7 heteroatoms. The summed E-state index contributed by atoms with van der Waals surface area (Å²) in [6.07, 6.45) is 4.76. The van der Waals surface area contributed by atoms with E-state index >= 15 is 0 Å². The minimum atomic E-state index is -0.746. The lowest BCUT2D eigenvalue weighted by molar-refractivity contribution is -0.139. The first-order valence-corrected chi connectivity index (χ1v) is 7.54. The first kappa shape index (κ1) is 14.3. The average molecular weight is 295 g/mol. The Labute approximate surface area is 123 Å². The number of aromatic nitrogens is 2. The quantitative estimate of drug-likeness (QED) is 0.880. The second-order valence-electron chi connectivity index (χ2n) is 6.04. The molecule has 1 saturated heterocycles. The molecule has 3 rings (SSSR count). The van der Waals surface area contributed by atoms with Gasteiger partial charge in [-0.1, -0.05) is 12.8 Å². The van der Waals surface area contributed by atoms with Crippen molar-refractivity contribution in [3.8, 4) is 0 Å². The number of carbonyl (C=O) groups is 1. The third-order valence-corrected chi connectivity index (χ3v) is 4.47. The molecule has 2 aliphatic rings. The summed E-state index contributed by atoms with van der Waals surface area (Å²) in [7, 11) is 0. The molecule has 1 aromatic rings. The van der Waals surface area contributed by atoms with E-state index < -0.39 is 5.97 Å². The molecule has 0 spiro atoms. The lowest BCUT2D eigenvalue weighted by Crippen LogP contribution is -2.36. The SMILES string of the molecule is O=C(O)CC1(Cc2nc(N3CCOCC3)no2)CCCC1. The number of carboxylic acids is 1. The zero-order chi connectivity index (χ0) is 14.7. The van der Waals surface area contributed by atoms with E-state index in [0.717, 1.165) is 38.8 Å². The van der Waals surface area contributed by atoms with E-state index in [1.54, 1.807) is 0 Å². The zero-order valence-corrected chi connectivity index (χ0v) is 12.1. The lowest BCUT2D eigenvalue weighted by Gasteiger charge is -2.25. The van der Waals surface area contributed by atoms with Crippen LogP contribution in [0.1, 0.15) is 38.0 Å². The fourth-order valence-corrected chi connectivity index (χ4v) is 3.39. The van der Waals surface area contributed by atoms with Gasteiger partial charge in [-0.3, -0.25) is 4.79 Å². The maximum absolute atomic E-state index is 11.1. The Morgan fingerprint density at radius 1 is 1.29 bits per heavy atom. The van der Waals surface area contributed by atoms with Gasteiger partial charge in [0.05, 0.1) is 19.6 Å². The molecule has 2 heterocycles. The van der Waals surface area contributed by atoms with Crippen LogP contribution in [0.25, 0.3) is 0 Å². The summed E-state index contributed by atoms with van der Waals surface area (Å²) in [5, 5.41) is 13.2. The molecule has 1 N–H and O–H groups in total. The molecule has 1 aliphatic heterocycles. The van der Waals surface area contributed by atoms with Gasteiger partial charge >= 0.3 is 5.97 Å². The van der Waals surface area contributed by atoms with Crippen molar-refractivity contribution in [1.82, 2.24) is 10.1 Å². The Bertz CT molecular complexity index is 490. The summed E-state index contributed by atoms with van der Waals surface area (Å²) < 4.78 is 10.7. The number of carboxylic acid groups (broad SMARTS) is 1. The van der Waals surface area contributed by atoms with Gasteiger partial charge in [0, 0.05) is 19.5 Å². The van der Waals surface area contributed by atoms with E-state index in [2.05, 4.69) is 10.1 Å². The Morgan fingerprint density at radius 2 is 2.00 bits per heavy atom. The van der Waals surface area contributed by atoms with Gasteiger partial charge in [-0.05, 0) is 23.4 Å². The van der Waals surface area contributed by atoms with Crippen molar-refractivity contribution < 1.29 is 19.2 Å². The molecule has 0 bridgehead atoms. The van der Waals surface area contributed by atoms with Crippen molar-refractivity contribution in [2.24, 2.45) is 5.41 Å². The molecule has 0 amide bonds. The third kappa shape index (κ3) is 3.34. The number of hydrogen-bond acceptors (Lipinski definition) is 6. The molecule has 1 aromatic heterocycles. The molecule has 116 valence electrons. The Hall–Kier alpha value is -1.63. The highest BCUT2D eigenvalue weighted by atomic mass is 16.5. The lowest BCUT2D eigenvalue weighted by atomic mass is 9.79. The van der Waals surface area contributed by atoms with E-state index in [0.29, 0.717) is 31.5 Å². The molecule has 0 aromatic carbocycles. The maximum atomic E-state index is 11.1. The van der Waals surface area contributed by atoms with Crippen LogP contribution in [0.3, 0.4) is 0 Å². The number of anilines is 1. The van der Waals surface area contributed by atoms with Crippen molar-refractivity contribution in [2.75, 3.05) is 31.2 Å². The third-order valence-electron chi connectivity index (χ3n) is 4.47. The monoisotopic (exact) mass is 295 g/mol. The highest BCUT2D eigenvalue weighted by Gasteiger charge is 2.38. The van der Waals surface area contributed by atoms with Gasteiger partial charge in [0.15, 0.2) is 0 Å². The standard InChI is InChI=1S/C14H21N3O4/c18-12(19)10-14(3-1-2-4-14)9-11-15-13(16-21-11)17-5-7-20-8-6-17/h1-10H2,(H,18,19). The minimum absolute atomic E-state index is 0.183. The minimum Gasteiger partial charge on any atom is -0.481 e. The van der Waals surface area contributed by atoms with Crippen LogP contribution in [0.15, 0.2) is 4.52 Å². The Balaban J connectivity index is 1.68. The van der Waals surface area contributed by atoms with Crippen molar-refractivity contribution in [1.29, 1.82) is 0 Å². The van der Waals surface area contributed by atoms with Crippen LogP contribution in [0.2, 0.25) is 0 Å². The first-order chi connectivity index (χ1) is 10.2. The van der Waals surface area contributed by atoms with Gasteiger partial charge in [0.25, 0.3) is 5.95 Å². The topological polar surface area (TPSA) is 88.7 Å². The highest BCUT2D eigenvalue weighted by molar-refractivity contribution is 5.67. The molecule has 1 saturated carbocycles. The van der Waals surface area contributed by atoms with Gasteiger partial charge in [-0.15, -0.1) is 0 Å². The second-order valence-corrected chi connectivity index (χ2v) is 6.04. The molecule has 0 unspecified atom stereocenters. The molecule has 1 aliphatic carbocycles. The Morgan fingerprint density at radius 3 is 2.67 bits per heavy atom. The number of aliphatic carboxylic acids is 1. The fraction of sp³-hybridized carbons (Fsp3) is 0.786. The second kappa shape index (κ2) is 6.01. The molecule has 0 radical (unpaired) electrons. The van der Waals surface area contributed by atoms with Crippen LogP contribution in [-0.2, 0) is 16.0 Å². The summed E-state index contributed by atoms with van der Waals surface area (Å²) in [6, 6.07) is 0. The molecule has 0 atom stereocenters. The summed E-state index contributed by atoms with van der Waals surface area (Å²) in [5.41, 5.74) is -0.208. The van der Waals surface area contributed by atoms with E-state index in [4.69, 9.17) is 14.4 Å². The van der Waals surface area contributed by atoms with Gasteiger partial charge in [-0.25, -0.2) is 0 Å². The van der Waals surface area contributed by atoms with E-state index in [1.807, 2.05) is 4.90 Å². The smallest absolute Gasteiger partial charge is 0.303 e. The fourth-order valence-electron chi connectivity index (χ4n) is 3.39. The maximum Gasteiger partial charge on any atom is 0.303 e.